The van der Waals surface area contributed by atoms with E-state index < -0.39 is 0 Å². The molecule has 1 aliphatic rings. The highest BCUT2D eigenvalue weighted by molar-refractivity contribution is 5.47. The second-order valence-electron chi connectivity index (χ2n) is 5.04. The fourth-order valence-corrected chi connectivity index (χ4v) is 2.94. The van der Waals surface area contributed by atoms with Gasteiger partial charge in [-0.05, 0) is 25.8 Å². The molecule has 0 saturated heterocycles. The van der Waals surface area contributed by atoms with Gasteiger partial charge in [0.15, 0.2) is 0 Å². The van der Waals surface area contributed by atoms with Gasteiger partial charge in [-0.15, -0.1) is 0 Å². The van der Waals surface area contributed by atoms with E-state index >= 15 is 0 Å². The number of hydrogen-bond donors (Lipinski definition) is 2. The maximum absolute atomic E-state index is 6.45. The van der Waals surface area contributed by atoms with Crippen molar-refractivity contribution in [3.05, 3.63) is 24.0 Å². The molecule has 1 aliphatic carbocycles. The van der Waals surface area contributed by atoms with Gasteiger partial charge >= 0.3 is 0 Å². The molecule has 18 heavy (non-hydrogen) atoms. The number of nitrogens with two attached hydrogens (primary N) is 2. The lowest BCUT2D eigenvalue weighted by atomic mass is 9.77. The highest BCUT2D eigenvalue weighted by Gasteiger charge is 2.40. The van der Waals surface area contributed by atoms with Gasteiger partial charge in [0.2, 0.25) is 0 Å². The number of hydrogen-bond acceptors (Lipinski definition) is 4. The minimum Gasteiger partial charge on any atom is -0.398 e. The van der Waals surface area contributed by atoms with Crippen LogP contribution in [0.25, 0.3) is 0 Å². The highest BCUT2D eigenvalue weighted by Crippen LogP contribution is 2.41. The van der Waals surface area contributed by atoms with Crippen LogP contribution in [0.5, 0.6) is 0 Å². The molecule has 4 N–H and O–H groups in total. The van der Waals surface area contributed by atoms with Gasteiger partial charge in [-0.2, -0.15) is 0 Å². The smallest absolute Gasteiger partial charge is 0.0875 e. The van der Waals surface area contributed by atoms with Crippen LogP contribution in [-0.2, 0) is 4.74 Å². The Morgan fingerprint density at radius 1 is 1.39 bits per heavy atom. The molecular weight excluding hydrogens is 226 g/mol. The summed E-state index contributed by atoms with van der Waals surface area (Å²) in [4.78, 5) is 4.14. The molecule has 4 heteroatoms. The van der Waals surface area contributed by atoms with E-state index in [2.05, 4.69) is 4.98 Å². The lowest BCUT2D eigenvalue weighted by molar-refractivity contribution is -0.0830. The molecule has 1 atom stereocenters. The van der Waals surface area contributed by atoms with Gasteiger partial charge < -0.3 is 16.2 Å². The summed E-state index contributed by atoms with van der Waals surface area (Å²) in [7, 11) is 0. The van der Waals surface area contributed by atoms with Crippen molar-refractivity contribution in [2.24, 2.45) is 5.73 Å². The molecule has 1 fully saturated rings. The van der Waals surface area contributed by atoms with Gasteiger partial charge in [-0.25, -0.2) is 0 Å². The molecule has 1 heterocycles. The Morgan fingerprint density at radius 3 is 2.72 bits per heavy atom. The predicted molar refractivity (Wildman–Crippen MR) is 73.0 cm³/mol. The first-order chi connectivity index (χ1) is 8.69. The second-order valence-corrected chi connectivity index (χ2v) is 5.04. The summed E-state index contributed by atoms with van der Waals surface area (Å²) < 4.78 is 6.03. The van der Waals surface area contributed by atoms with Crippen molar-refractivity contribution >= 4 is 5.69 Å². The largest absolute Gasteiger partial charge is 0.398 e. The summed E-state index contributed by atoms with van der Waals surface area (Å²) in [5.74, 6) is 0. The van der Waals surface area contributed by atoms with E-state index in [1.54, 1.807) is 18.5 Å². The Labute approximate surface area is 109 Å². The molecule has 0 bridgehead atoms. The van der Waals surface area contributed by atoms with Crippen molar-refractivity contribution in [1.29, 1.82) is 0 Å². The van der Waals surface area contributed by atoms with Crippen LogP contribution in [0.1, 0.15) is 50.6 Å². The van der Waals surface area contributed by atoms with E-state index in [1.807, 2.05) is 6.92 Å². The summed E-state index contributed by atoms with van der Waals surface area (Å²) in [6.07, 6.45) is 9.10. The first-order valence-corrected chi connectivity index (χ1v) is 6.78. The third-order valence-electron chi connectivity index (χ3n) is 3.92. The molecule has 0 radical (unpaired) electrons. The van der Waals surface area contributed by atoms with Crippen LogP contribution in [0, 0.1) is 0 Å². The van der Waals surface area contributed by atoms with Crippen LogP contribution in [-0.4, -0.2) is 17.2 Å². The second kappa shape index (κ2) is 5.67. The van der Waals surface area contributed by atoms with Crippen molar-refractivity contribution in [1.82, 2.24) is 4.98 Å². The molecule has 0 spiro atoms. The summed E-state index contributed by atoms with van der Waals surface area (Å²) in [6, 6.07) is 1.61. The Morgan fingerprint density at radius 2 is 2.11 bits per heavy atom. The van der Waals surface area contributed by atoms with Gasteiger partial charge in [-0.3, -0.25) is 4.98 Å². The Bertz CT molecular complexity index is 383. The van der Waals surface area contributed by atoms with Crippen LogP contribution < -0.4 is 11.5 Å². The average Bonchev–Trinajstić information content (AvgIpc) is 2.40. The van der Waals surface area contributed by atoms with E-state index in [-0.39, 0.29) is 11.6 Å². The normalized spacial score (nSPS) is 20.6. The standard InChI is InChI=1S/C14H23N3O/c1-2-18-14(7-4-3-5-8-14)13(16)11-10-17-9-6-12(11)15/h6,9-10,13H,2-5,7-8,16H2,1H3,(H2,15,17). The molecule has 1 aromatic heterocycles. The number of pyridine rings is 1. The van der Waals surface area contributed by atoms with E-state index in [9.17, 15) is 0 Å². The molecule has 1 unspecified atom stereocenters. The lowest BCUT2D eigenvalue weighted by Crippen LogP contribution is -2.45. The zero-order valence-corrected chi connectivity index (χ0v) is 11.1. The fraction of sp³-hybridized carbons (Fsp3) is 0.643. The number of nitrogen functional groups attached to an aromatic ring is 1. The van der Waals surface area contributed by atoms with E-state index in [0.29, 0.717) is 12.3 Å². The van der Waals surface area contributed by atoms with Crippen LogP contribution in [0.3, 0.4) is 0 Å². The van der Waals surface area contributed by atoms with E-state index in [1.165, 1.54) is 19.3 Å². The summed E-state index contributed by atoms with van der Waals surface area (Å²) in [5.41, 5.74) is 13.8. The predicted octanol–water partition coefficient (Wildman–Crippen LogP) is 2.40. The van der Waals surface area contributed by atoms with Gasteiger partial charge in [0.1, 0.15) is 0 Å². The lowest BCUT2D eigenvalue weighted by Gasteiger charge is -2.42. The zero-order valence-electron chi connectivity index (χ0n) is 11.1. The maximum Gasteiger partial charge on any atom is 0.0875 e. The van der Waals surface area contributed by atoms with Crippen LogP contribution >= 0.6 is 0 Å². The number of ether oxygens (including phenoxy) is 1. The van der Waals surface area contributed by atoms with Crippen LogP contribution in [0.2, 0.25) is 0 Å². The Hall–Kier alpha value is -1.13. The molecule has 0 amide bonds. The number of rotatable bonds is 4. The van der Waals surface area contributed by atoms with Gasteiger partial charge in [0, 0.05) is 30.3 Å². The minimum atomic E-state index is -0.260. The number of anilines is 1. The van der Waals surface area contributed by atoms with Crippen LogP contribution in [0.15, 0.2) is 18.5 Å². The first-order valence-electron chi connectivity index (χ1n) is 6.78. The Balaban J connectivity index is 2.28. The summed E-state index contributed by atoms with van der Waals surface area (Å²) >= 11 is 0. The third kappa shape index (κ3) is 2.49. The van der Waals surface area contributed by atoms with E-state index in [0.717, 1.165) is 18.4 Å². The van der Waals surface area contributed by atoms with Crippen molar-refractivity contribution in [3.63, 3.8) is 0 Å². The van der Waals surface area contributed by atoms with Gasteiger partial charge in [-0.1, -0.05) is 19.3 Å². The third-order valence-corrected chi connectivity index (χ3v) is 3.92. The van der Waals surface area contributed by atoms with Crippen molar-refractivity contribution in [2.75, 3.05) is 12.3 Å². The summed E-state index contributed by atoms with van der Waals surface area (Å²) in [5, 5.41) is 0. The zero-order chi connectivity index (χ0) is 13.0. The van der Waals surface area contributed by atoms with Crippen molar-refractivity contribution in [3.8, 4) is 0 Å². The molecule has 1 saturated carbocycles. The molecular formula is C14H23N3O. The fourth-order valence-electron chi connectivity index (χ4n) is 2.94. The van der Waals surface area contributed by atoms with Gasteiger partial charge in [0.05, 0.1) is 11.6 Å². The first kappa shape index (κ1) is 13.3. The van der Waals surface area contributed by atoms with Crippen LogP contribution in [0.4, 0.5) is 5.69 Å². The summed E-state index contributed by atoms with van der Waals surface area (Å²) in [6.45, 7) is 2.71. The topological polar surface area (TPSA) is 74.2 Å². The number of aromatic nitrogens is 1. The van der Waals surface area contributed by atoms with Crippen molar-refractivity contribution < 1.29 is 4.74 Å². The van der Waals surface area contributed by atoms with Crippen molar-refractivity contribution in [2.45, 2.75) is 50.7 Å². The highest BCUT2D eigenvalue weighted by atomic mass is 16.5. The van der Waals surface area contributed by atoms with E-state index in [4.69, 9.17) is 16.2 Å². The average molecular weight is 249 g/mol. The molecule has 0 aliphatic heterocycles. The quantitative estimate of drug-likeness (QED) is 0.859. The minimum absolute atomic E-state index is 0.188. The SMILES string of the molecule is CCOC1(C(N)c2cnccc2N)CCCCC1. The molecule has 2 rings (SSSR count). The molecule has 0 aromatic carbocycles. The monoisotopic (exact) mass is 249 g/mol. The Kier molecular flexibility index (Phi) is 4.19. The molecule has 1 aromatic rings. The molecule has 4 nitrogen and oxygen atoms in total. The molecule has 100 valence electrons. The maximum atomic E-state index is 6.45. The van der Waals surface area contributed by atoms with Gasteiger partial charge in [0.25, 0.3) is 0 Å². The number of nitrogens with zero attached hydrogens (tertiary/aromatic N) is 1.